The lowest BCUT2D eigenvalue weighted by Crippen LogP contribution is -2.35. The van der Waals surface area contributed by atoms with Crippen LogP contribution in [-0.4, -0.2) is 39.6 Å². The van der Waals surface area contributed by atoms with E-state index in [1.807, 2.05) is 0 Å². The summed E-state index contributed by atoms with van der Waals surface area (Å²) in [5, 5.41) is 10.2. The Bertz CT molecular complexity index is 1060. The Morgan fingerprint density at radius 1 is 1.12 bits per heavy atom. The van der Waals surface area contributed by atoms with Crippen LogP contribution < -0.4 is 4.74 Å². The van der Waals surface area contributed by atoms with Gasteiger partial charge in [-0.05, 0) is 67.1 Å². The maximum Gasteiger partial charge on any atom is 0.326 e. The minimum Gasteiger partial charge on any atom is -0.489 e. The van der Waals surface area contributed by atoms with Gasteiger partial charge in [0, 0.05) is 12.1 Å². The number of hydrogen-bond donors (Lipinski definition) is 0. The number of non-ortho nitro benzene ring substituents is 1. The molecule has 0 aromatic heterocycles. The molecule has 2 aromatic carbocycles. The van der Waals surface area contributed by atoms with Crippen LogP contribution in [0, 0.1) is 10.1 Å². The number of nitro benzene ring substituents is 1. The molecule has 2 aromatic rings. The van der Waals surface area contributed by atoms with Crippen LogP contribution in [0.1, 0.15) is 25.0 Å². The van der Waals surface area contributed by atoms with Crippen LogP contribution in [0.3, 0.4) is 0 Å². The van der Waals surface area contributed by atoms with Crippen LogP contribution in [0.15, 0.2) is 53.4 Å². The number of nitro groups is 1. The number of amides is 2. The molecule has 0 atom stereocenters. The Morgan fingerprint density at radius 3 is 2.38 bits per heavy atom. The molecule has 0 N–H and O–H groups in total. The number of thioether (sulfide) groups is 1. The highest BCUT2D eigenvalue weighted by atomic mass is 32.2. The first-order chi connectivity index (χ1) is 15.2. The topological polar surface area (TPSA) is 116 Å². The summed E-state index contributed by atoms with van der Waals surface area (Å²) in [4.78, 5) is 47.7. The summed E-state index contributed by atoms with van der Waals surface area (Å²) in [6, 6.07) is 13.0. The van der Waals surface area contributed by atoms with Gasteiger partial charge >= 0.3 is 5.97 Å². The molecule has 0 aliphatic carbocycles. The van der Waals surface area contributed by atoms with Crippen molar-refractivity contribution in [3.63, 3.8) is 0 Å². The summed E-state index contributed by atoms with van der Waals surface area (Å²) in [5.41, 5.74) is 1.48. The lowest BCUT2D eigenvalue weighted by atomic mass is 10.2. The molecular formula is C22H20N2O7S. The van der Waals surface area contributed by atoms with E-state index in [1.54, 1.807) is 56.3 Å². The van der Waals surface area contributed by atoms with Crippen molar-refractivity contribution in [1.82, 2.24) is 4.90 Å². The largest absolute Gasteiger partial charge is 0.489 e. The average molecular weight is 456 g/mol. The molecular weight excluding hydrogens is 436 g/mol. The van der Waals surface area contributed by atoms with Crippen LogP contribution in [-0.2, 0) is 20.9 Å². The number of carbonyl (C=O) groups excluding carboxylic acids is 3. The Kier molecular flexibility index (Phi) is 7.26. The predicted molar refractivity (Wildman–Crippen MR) is 118 cm³/mol. The Hall–Kier alpha value is -3.66. The molecule has 32 heavy (non-hydrogen) atoms. The molecule has 1 aliphatic rings. The van der Waals surface area contributed by atoms with E-state index in [4.69, 9.17) is 9.47 Å². The average Bonchev–Trinajstić information content (AvgIpc) is 3.00. The number of benzene rings is 2. The van der Waals surface area contributed by atoms with Gasteiger partial charge in [-0.15, -0.1) is 0 Å². The van der Waals surface area contributed by atoms with Crippen molar-refractivity contribution in [2.45, 2.75) is 26.6 Å². The van der Waals surface area contributed by atoms with Gasteiger partial charge in [0.05, 0.1) is 15.9 Å². The lowest BCUT2D eigenvalue weighted by Gasteiger charge is -2.13. The molecule has 0 spiro atoms. The van der Waals surface area contributed by atoms with Gasteiger partial charge in [0.15, 0.2) is 0 Å². The normalized spacial score (nSPS) is 14.8. The first-order valence-corrected chi connectivity index (χ1v) is 10.5. The molecule has 0 unspecified atom stereocenters. The summed E-state index contributed by atoms with van der Waals surface area (Å²) in [6.07, 6.45) is 1.23. The van der Waals surface area contributed by atoms with Crippen LogP contribution in [0.5, 0.6) is 5.75 Å². The Balaban J connectivity index is 1.59. The van der Waals surface area contributed by atoms with E-state index in [1.165, 1.54) is 12.1 Å². The molecule has 1 aliphatic heterocycles. The Morgan fingerprint density at radius 2 is 1.78 bits per heavy atom. The minimum atomic E-state index is -0.641. The SMILES string of the molecule is CC(C)OC(=O)CN1C(=O)S/C(=C\c2ccc(OCc3ccc([N+](=O)[O-])cc3)cc2)C1=O. The fourth-order valence-corrected chi connectivity index (χ4v) is 3.60. The third-order valence-corrected chi connectivity index (χ3v) is 5.17. The first-order valence-electron chi connectivity index (χ1n) is 9.64. The summed E-state index contributed by atoms with van der Waals surface area (Å²) in [6.45, 7) is 3.19. The van der Waals surface area contributed by atoms with E-state index in [0.717, 1.165) is 22.2 Å². The van der Waals surface area contributed by atoms with E-state index in [2.05, 4.69) is 0 Å². The summed E-state index contributed by atoms with van der Waals surface area (Å²) in [5.74, 6) is -0.609. The van der Waals surface area contributed by atoms with Gasteiger partial charge in [0.1, 0.15) is 18.9 Å². The van der Waals surface area contributed by atoms with Crippen LogP contribution in [0.25, 0.3) is 6.08 Å². The molecule has 2 amide bonds. The van der Waals surface area contributed by atoms with E-state index >= 15 is 0 Å². The quantitative estimate of drug-likeness (QED) is 0.252. The molecule has 0 radical (unpaired) electrons. The van der Waals surface area contributed by atoms with Crippen molar-refractivity contribution in [2.75, 3.05) is 6.54 Å². The van der Waals surface area contributed by atoms with Crippen molar-refractivity contribution in [3.8, 4) is 5.75 Å². The zero-order valence-corrected chi connectivity index (χ0v) is 18.2. The second kappa shape index (κ2) is 10.1. The summed E-state index contributed by atoms with van der Waals surface area (Å²) >= 11 is 0.764. The maximum atomic E-state index is 12.5. The second-order valence-electron chi connectivity index (χ2n) is 7.09. The molecule has 1 heterocycles. The lowest BCUT2D eigenvalue weighted by molar-refractivity contribution is -0.384. The number of hydrogen-bond acceptors (Lipinski definition) is 8. The van der Waals surface area contributed by atoms with E-state index in [-0.39, 0.29) is 23.3 Å². The van der Waals surface area contributed by atoms with Crippen LogP contribution in [0.4, 0.5) is 10.5 Å². The number of nitrogens with zero attached hydrogens (tertiary/aromatic N) is 2. The van der Waals surface area contributed by atoms with Gasteiger partial charge in [-0.1, -0.05) is 12.1 Å². The standard InChI is InChI=1S/C22H20N2O7S/c1-14(2)31-20(25)12-23-21(26)19(32-22(23)27)11-15-5-9-18(10-6-15)30-13-16-3-7-17(8-4-16)24(28)29/h3-11,14H,12-13H2,1-2H3/b19-11-. The monoisotopic (exact) mass is 456 g/mol. The number of imide groups is 1. The number of carbonyl (C=O) groups is 3. The summed E-state index contributed by atoms with van der Waals surface area (Å²) < 4.78 is 10.7. The molecule has 166 valence electrons. The van der Waals surface area contributed by atoms with E-state index in [9.17, 15) is 24.5 Å². The molecule has 3 rings (SSSR count). The summed E-state index contributed by atoms with van der Waals surface area (Å²) in [7, 11) is 0. The second-order valence-corrected chi connectivity index (χ2v) is 8.08. The number of rotatable bonds is 8. The van der Waals surface area contributed by atoms with E-state index in [0.29, 0.717) is 11.3 Å². The molecule has 1 saturated heterocycles. The Labute approximate surface area is 188 Å². The molecule has 0 bridgehead atoms. The van der Waals surface area contributed by atoms with Gasteiger partial charge in [0.2, 0.25) is 0 Å². The number of ether oxygens (including phenoxy) is 2. The van der Waals surface area contributed by atoms with Gasteiger partial charge in [-0.3, -0.25) is 29.4 Å². The number of esters is 1. The first kappa shape index (κ1) is 23.0. The predicted octanol–water partition coefficient (Wildman–Crippen LogP) is 4.16. The van der Waals surface area contributed by atoms with Gasteiger partial charge in [0.25, 0.3) is 16.8 Å². The molecule has 9 nitrogen and oxygen atoms in total. The van der Waals surface area contributed by atoms with Crippen molar-refractivity contribution in [3.05, 3.63) is 74.7 Å². The molecule has 1 fully saturated rings. The van der Waals surface area contributed by atoms with Gasteiger partial charge < -0.3 is 9.47 Å². The van der Waals surface area contributed by atoms with Crippen molar-refractivity contribution < 1.29 is 28.8 Å². The highest BCUT2D eigenvalue weighted by Crippen LogP contribution is 2.32. The van der Waals surface area contributed by atoms with Gasteiger partial charge in [-0.25, -0.2) is 0 Å². The zero-order chi connectivity index (χ0) is 23.3. The van der Waals surface area contributed by atoms with Crippen LogP contribution in [0.2, 0.25) is 0 Å². The maximum absolute atomic E-state index is 12.5. The highest BCUT2D eigenvalue weighted by molar-refractivity contribution is 8.18. The third kappa shape index (κ3) is 5.94. The highest BCUT2D eigenvalue weighted by Gasteiger charge is 2.36. The van der Waals surface area contributed by atoms with Gasteiger partial charge in [-0.2, -0.15) is 0 Å². The third-order valence-electron chi connectivity index (χ3n) is 4.26. The molecule has 10 heteroatoms. The van der Waals surface area contributed by atoms with Crippen molar-refractivity contribution in [2.24, 2.45) is 0 Å². The van der Waals surface area contributed by atoms with Crippen molar-refractivity contribution in [1.29, 1.82) is 0 Å². The smallest absolute Gasteiger partial charge is 0.326 e. The fraction of sp³-hybridized carbons (Fsp3) is 0.227. The molecule has 0 saturated carbocycles. The van der Waals surface area contributed by atoms with Crippen LogP contribution >= 0.6 is 11.8 Å². The van der Waals surface area contributed by atoms with Crippen molar-refractivity contribution >= 4 is 40.6 Å². The van der Waals surface area contributed by atoms with E-state index < -0.39 is 28.6 Å². The minimum absolute atomic E-state index is 0.0133. The fourth-order valence-electron chi connectivity index (χ4n) is 2.76. The zero-order valence-electron chi connectivity index (χ0n) is 17.3.